The van der Waals surface area contributed by atoms with Gasteiger partial charge >= 0.3 is 5.97 Å². The van der Waals surface area contributed by atoms with Crippen molar-refractivity contribution in [1.82, 2.24) is 9.88 Å². The quantitative estimate of drug-likeness (QED) is 0.505. The van der Waals surface area contributed by atoms with Gasteiger partial charge in [-0.05, 0) is 44.5 Å². The fourth-order valence-electron chi connectivity index (χ4n) is 2.77. The number of ether oxygens (including phenoxy) is 1. The number of pyridine rings is 1. The largest absolute Gasteiger partial charge is 0.462 e. The third-order valence-electron chi connectivity index (χ3n) is 4.22. The zero-order valence-corrected chi connectivity index (χ0v) is 17.3. The number of carbonyl (C=O) groups excluding carboxylic acids is 3. The SMILES string of the molecule is CCCN(CC(=O)Nc1ccc(F)c(F)c1F)C(=O)c1ccc(C(=O)OCC)c(C)n1. The van der Waals surface area contributed by atoms with Gasteiger partial charge in [-0.25, -0.2) is 22.9 Å². The molecule has 0 aliphatic carbocycles. The Labute approximate surface area is 177 Å². The number of carbonyl (C=O) groups is 3. The molecule has 1 aromatic carbocycles. The predicted molar refractivity (Wildman–Crippen MR) is 106 cm³/mol. The van der Waals surface area contributed by atoms with Gasteiger partial charge in [0.05, 0.1) is 23.6 Å². The average molecular weight is 437 g/mol. The Morgan fingerprint density at radius 1 is 1.06 bits per heavy atom. The molecule has 0 saturated heterocycles. The lowest BCUT2D eigenvalue weighted by Gasteiger charge is -2.21. The maximum Gasteiger partial charge on any atom is 0.339 e. The van der Waals surface area contributed by atoms with Gasteiger partial charge in [0.2, 0.25) is 5.91 Å². The van der Waals surface area contributed by atoms with Crippen LogP contribution in [0.3, 0.4) is 0 Å². The number of hydrogen-bond donors (Lipinski definition) is 1. The zero-order chi connectivity index (χ0) is 23.1. The van der Waals surface area contributed by atoms with Crippen LogP contribution < -0.4 is 5.32 Å². The van der Waals surface area contributed by atoms with Gasteiger partial charge in [-0.3, -0.25) is 9.59 Å². The second-order valence-electron chi connectivity index (χ2n) is 6.55. The molecule has 0 radical (unpaired) electrons. The van der Waals surface area contributed by atoms with Gasteiger partial charge < -0.3 is 15.0 Å². The van der Waals surface area contributed by atoms with Crippen LogP contribution in [0.2, 0.25) is 0 Å². The Kier molecular flexibility index (Phi) is 8.12. The zero-order valence-electron chi connectivity index (χ0n) is 17.3. The van der Waals surface area contributed by atoms with Crippen molar-refractivity contribution in [2.45, 2.75) is 27.2 Å². The van der Waals surface area contributed by atoms with E-state index in [1.807, 2.05) is 0 Å². The first kappa shape index (κ1) is 23.8. The first-order valence-corrected chi connectivity index (χ1v) is 9.56. The number of rotatable bonds is 8. The first-order chi connectivity index (χ1) is 14.7. The molecule has 7 nitrogen and oxygen atoms in total. The number of aryl methyl sites for hydroxylation is 1. The molecular weight excluding hydrogens is 415 g/mol. The summed E-state index contributed by atoms with van der Waals surface area (Å²) in [6, 6.07) is 4.32. The molecule has 2 rings (SSSR count). The van der Waals surface area contributed by atoms with Crippen LogP contribution >= 0.6 is 0 Å². The number of benzene rings is 1. The number of amides is 2. The number of aromatic nitrogens is 1. The number of hydrogen-bond acceptors (Lipinski definition) is 5. The molecule has 0 atom stereocenters. The Balaban J connectivity index is 2.17. The van der Waals surface area contributed by atoms with Crippen LogP contribution in [0.1, 0.15) is 46.8 Å². The van der Waals surface area contributed by atoms with E-state index in [-0.39, 0.29) is 30.1 Å². The van der Waals surface area contributed by atoms with E-state index in [0.29, 0.717) is 12.5 Å². The van der Waals surface area contributed by atoms with Crippen LogP contribution in [0.5, 0.6) is 0 Å². The summed E-state index contributed by atoms with van der Waals surface area (Å²) in [7, 11) is 0. The minimum atomic E-state index is -1.71. The topological polar surface area (TPSA) is 88.6 Å². The first-order valence-electron chi connectivity index (χ1n) is 9.56. The molecule has 10 heteroatoms. The molecule has 0 spiro atoms. The van der Waals surface area contributed by atoms with Gasteiger partial charge in [0, 0.05) is 6.54 Å². The highest BCUT2D eigenvalue weighted by molar-refractivity contribution is 5.99. The van der Waals surface area contributed by atoms with Crippen molar-refractivity contribution in [2.24, 2.45) is 0 Å². The monoisotopic (exact) mass is 437 g/mol. The second kappa shape index (κ2) is 10.6. The highest BCUT2D eigenvalue weighted by atomic mass is 19.2. The lowest BCUT2D eigenvalue weighted by molar-refractivity contribution is -0.116. The van der Waals surface area contributed by atoms with E-state index in [0.717, 1.165) is 6.07 Å². The number of halogens is 3. The fourth-order valence-corrected chi connectivity index (χ4v) is 2.77. The summed E-state index contributed by atoms with van der Waals surface area (Å²) in [6.45, 7) is 4.91. The maximum atomic E-state index is 13.8. The van der Waals surface area contributed by atoms with Gasteiger partial charge in [-0.15, -0.1) is 0 Å². The van der Waals surface area contributed by atoms with Gasteiger partial charge in [-0.2, -0.15) is 0 Å². The van der Waals surface area contributed by atoms with Crippen molar-refractivity contribution in [3.05, 3.63) is 58.7 Å². The summed E-state index contributed by atoms with van der Waals surface area (Å²) in [6.07, 6.45) is 0.512. The lowest BCUT2D eigenvalue weighted by Crippen LogP contribution is -2.39. The minimum absolute atomic E-state index is 0.00538. The fraction of sp³-hybridized carbons (Fsp3) is 0.333. The third kappa shape index (κ3) is 5.80. The molecule has 31 heavy (non-hydrogen) atoms. The molecule has 0 fully saturated rings. The van der Waals surface area contributed by atoms with Crippen molar-refractivity contribution in [1.29, 1.82) is 0 Å². The summed E-state index contributed by atoms with van der Waals surface area (Å²) in [5.41, 5.74) is -0.0348. The van der Waals surface area contributed by atoms with Crippen LogP contribution in [-0.2, 0) is 9.53 Å². The van der Waals surface area contributed by atoms with Crippen molar-refractivity contribution in [3.63, 3.8) is 0 Å². The Morgan fingerprint density at radius 2 is 1.77 bits per heavy atom. The summed E-state index contributed by atoms with van der Waals surface area (Å²) < 4.78 is 45.1. The van der Waals surface area contributed by atoms with E-state index < -0.39 is 47.5 Å². The molecule has 0 saturated carbocycles. The normalized spacial score (nSPS) is 10.5. The Bertz CT molecular complexity index is 998. The number of esters is 1. The molecule has 0 aliphatic heterocycles. The van der Waals surface area contributed by atoms with Crippen LogP contribution in [0, 0.1) is 24.4 Å². The molecule has 2 aromatic rings. The number of nitrogens with zero attached hydrogens (tertiary/aromatic N) is 2. The maximum absolute atomic E-state index is 13.8. The van der Waals surface area contributed by atoms with Crippen molar-refractivity contribution in [3.8, 4) is 0 Å². The predicted octanol–water partition coefficient (Wildman–Crippen LogP) is 3.47. The summed E-state index contributed by atoms with van der Waals surface area (Å²) in [5.74, 6) is -6.57. The van der Waals surface area contributed by atoms with E-state index in [4.69, 9.17) is 4.74 Å². The van der Waals surface area contributed by atoms with Crippen LogP contribution in [0.25, 0.3) is 0 Å². The van der Waals surface area contributed by atoms with Gasteiger partial charge in [0.15, 0.2) is 17.5 Å². The van der Waals surface area contributed by atoms with E-state index in [2.05, 4.69) is 10.3 Å². The van der Waals surface area contributed by atoms with Crippen LogP contribution in [0.4, 0.5) is 18.9 Å². The van der Waals surface area contributed by atoms with Gasteiger partial charge in [0.25, 0.3) is 5.91 Å². The Morgan fingerprint density at radius 3 is 2.39 bits per heavy atom. The average Bonchev–Trinajstić information content (AvgIpc) is 2.73. The highest BCUT2D eigenvalue weighted by Crippen LogP contribution is 2.19. The van der Waals surface area contributed by atoms with Crippen LogP contribution in [0.15, 0.2) is 24.3 Å². The molecular formula is C21H22F3N3O4. The lowest BCUT2D eigenvalue weighted by atomic mass is 10.1. The highest BCUT2D eigenvalue weighted by Gasteiger charge is 2.22. The number of anilines is 1. The molecule has 166 valence electrons. The van der Waals surface area contributed by atoms with Gasteiger partial charge in [-0.1, -0.05) is 6.92 Å². The summed E-state index contributed by atoms with van der Waals surface area (Å²) in [5, 5.41) is 2.13. The molecule has 0 aliphatic rings. The van der Waals surface area contributed by atoms with E-state index in [1.54, 1.807) is 20.8 Å². The van der Waals surface area contributed by atoms with Crippen molar-refractivity contribution in [2.75, 3.05) is 25.0 Å². The molecule has 2 amide bonds. The summed E-state index contributed by atoms with van der Waals surface area (Å²) >= 11 is 0. The standard InChI is InChI=1S/C21H22F3N3O4/c1-4-10-27(11-17(28)26-15-9-7-14(22)18(23)19(15)24)20(29)16-8-6-13(12(3)25-16)21(30)31-5-2/h6-9H,4-5,10-11H2,1-3H3,(H,26,28). The third-order valence-corrected chi connectivity index (χ3v) is 4.22. The minimum Gasteiger partial charge on any atom is -0.462 e. The molecule has 1 N–H and O–H groups in total. The smallest absolute Gasteiger partial charge is 0.339 e. The Hall–Kier alpha value is -3.43. The van der Waals surface area contributed by atoms with E-state index in [9.17, 15) is 27.6 Å². The van der Waals surface area contributed by atoms with Gasteiger partial charge in [0.1, 0.15) is 12.2 Å². The molecule has 0 unspecified atom stereocenters. The molecule has 0 bridgehead atoms. The second-order valence-corrected chi connectivity index (χ2v) is 6.55. The van der Waals surface area contributed by atoms with E-state index in [1.165, 1.54) is 17.0 Å². The molecule has 1 heterocycles. The number of nitrogens with one attached hydrogen (secondary N) is 1. The van der Waals surface area contributed by atoms with Crippen molar-refractivity contribution >= 4 is 23.5 Å². The molecule has 1 aromatic heterocycles. The van der Waals surface area contributed by atoms with E-state index >= 15 is 0 Å². The van der Waals surface area contributed by atoms with Crippen molar-refractivity contribution < 1.29 is 32.3 Å². The summed E-state index contributed by atoms with van der Waals surface area (Å²) in [4.78, 5) is 42.3. The van der Waals surface area contributed by atoms with Crippen LogP contribution in [-0.4, -0.2) is 47.4 Å².